The predicted octanol–water partition coefficient (Wildman–Crippen LogP) is 3.19. The van der Waals surface area contributed by atoms with Crippen molar-refractivity contribution in [1.82, 2.24) is 19.9 Å². The molecule has 0 unspecified atom stereocenters. The van der Waals surface area contributed by atoms with Crippen LogP contribution in [0.5, 0.6) is 0 Å². The number of primary amides is 1. The number of nitrogens with two attached hydrogens (primary N) is 1. The first-order valence-corrected chi connectivity index (χ1v) is 10.2. The molecule has 0 bridgehead atoms. The van der Waals surface area contributed by atoms with Crippen molar-refractivity contribution in [2.75, 3.05) is 5.32 Å². The molecule has 0 saturated carbocycles. The van der Waals surface area contributed by atoms with Crippen LogP contribution < -0.4 is 16.4 Å². The van der Waals surface area contributed by atoms with Crippen LogP contribution in [-0.2, 0) is 13.1 Å². The van der Waals surface area contributed by atoms with Crippen molar-refractivity contribution in [3.63, 3.8) is 0 Å². The molecule has 4 N–H and O–H groups in total. The highest BCUT2D eigenvalue weighted by Gasteiger charge is 2.14. The number of aromatic nitrogens is 3. The van der Waals surface area contributed by atoms with E-state index >= 15 is 0 Å². The van der Waals surface area contributed by atoms with Crippen LogP contribution in [0.4, 0.5) is 14.6 Å². The molecule has 0 aliphatic carbocycles. The van der Waals surface area contributed by atoms with Crippen molar-refractivity contribution in [2.45, 2.75) is 13.1 Å². The minimum absolute atomic E-state index is 0.0159. The number of imidazole rings is 1. The van der Waals surface area contributed by atoms with E-state index in [9.17, 15) is 18.4 Å². The molecule has 4 aromatic rings. The standard InChI is InChI=1S/C24H20F2N6O2/c25-19-5-3-16(11-20(19)26)13-31-24(34)17-2-1-7-29-23(17)30-12-15-4-6-21(18(10-15)22(27)33)32-9-8-28-14-32/h1-11,14H,12-13H2,(H2,27,33)(H,29,30)(H,31,34). The molecule has 0 spiro atoms. The molecule has 10 heteroatoms. The van der Waals surface area contributed by atoms with Gasteiger partial charge in [-0.05, 0) is 47.5 Å². The van der Waals surface area contributed by atoms with Crippen LogP contribution in [0.25, 0.3) is 5.69 Å². The van der Waals surface area contributed by atoms with Crippen LogP contribution in [0.15, 0.2) is 73.4 Å². The monoisotopic (exact) mass is 462 g/mol. The molecule has 0 saturated heterocycles. The third-order valence-electron chi connectivity index (χ3n) is 5.06. The predicted molar refractivity (Wildman–Crippen MR) is 121 cm³/mol. The van der Waals surface area contributed by atoms with Gasteiger partial charge in [0.2, 0.25) is 0 Å². The lowest BCUT2D eigenvalue weighted by atomic mass is 10.1. The number of nitrogens with zero attached hydrogens (tertiary/aromatic N) is 3. The molecule has 2 aromatic carbocycles. The van der Waals surface area contributed by atoms with Crippen molar-refractivity contribution < 1.29 is 18.4 Å². The zero-order valence-electron chi connectivity index (χ0n) is 17.8. The molecule has 0 atom stereocenters. The summed E-state index contributed by atoms with van der Waals surface area (Å²) in [5.74, 6) is -2.63. The Morgan fingerprint density at radius 3 is 2.47 bits per heavy atom. The van der Waals surface area contributed by atoms with Gasteiger partial charge >= 0.3 is 0 Å². The number of rotatable bonds is 8. The fourth-order valence-electron chi connectivity index (χ4n) is 3.36. The second kappa shape index (κ2) is 9.90. The Kier molecular flexibility index (Phi) is 6.58. The largest absolute Gasteiger partial charge is 0.366 e. The normalized spacial score (nSPS) is 10.6. The van der Waals surface area contributed by atoms with Gasteiger partial charge in [-0.1, -0.05) is 12.1 Å². The SMILES string of the molecule is NC(=O)c1cc(CNc2ncccc2C(=O)NCc2ccc(F)c(F)c2)ccc1-n1ccnc1. The second-order valence-corrected chi connectivity index (χ2v) is 7.37. The summed E-state index contributed by atoms with van der Waals surface area (Å²) in [6.45, 7) is 0.285. The first-order chi connectivity index (χ1) is 16.4. The fraction of sp³-hybridized carbons (Fsp3) is 0.0833. The summed E-state index contributed by atoms with van der Waals surface area (Å²) >= 11 is 0. The Morgan fingerprint density at radius 1 is 0.941 bits per heavy atom. The number of amides is 2. The smallest absolute Gasteiger partial charge is 0.255 e. The van der Waals surface area contributed by atoms with E-state index in [0.717, 1.165) is 17.7 Å². The molecular weight excluding hydrogens is 442 g/mol. The first-order valence-electron chi connectivity index (χ1n) is 10.2. The number of hydrogen-bond acceptors (Lipinski definition) is 5. The van der Waals surface area contributed by atoms with E-state index in [1.165, 1.54) is 12.3 Å². The quantitative estimate of drug-likeness (QED) is 0.372. The van der Waals surface area contributed by atoms with E-state index < -0.39 is 23.4 Å². The molecule has 172 valence electrons. The van der Waals surface area contributed by atoms with Crippen molar-refractivity contribution in [2.24, 2.45) is 5.73 Å². The summed E-state index contributed by atoms with van der Waals surface area (Å²) in [6.07, 6.45) is 6.41. The van der Waals surface area contributed by atoms with Gasteiger partial charge in [-0.3, -0.25) is 9.59 Å². The molecule has 34 heavy (non-hydrogen) atoms. The maximum atomic E-state index is 13.4. The maximum absolute atomic E-state index is 13.4. The Morgan fingerprint density at radius 2 is 1.74 bits per heavy atom. The molecule has 0 aliphatic rings. The van der Waals surface area contributed by atoms with Gasteiger partial charge in [0, 0.05) is 31.7 Å². The van der Waals surface area contributed by atoms with Gasteiger partial charge < -0.3 is 20.9 Å². The Labute approximate surface area is 193 Å². The molecule has 2 heterocycles. The minimum Gasteiger partial charge on any atom is -0.366 e. The summed E-state index contributed by atoms with van der Waals surface area (Å²) in [6, 6.07) is 11.9. The van der Waals surface area contributed by atoms with Crippen LogP contribution in [0, 0.1) is 11.6 Å². The van der Waals surface area contributed by atoms with Crippen LogP contribution in [-0.4, -0.2) is 26.3 Å². The lowest BCUT2D eigenvalue weighted by Crippen LogP contribution is -2.24. The zero-order chi connectivity index (χ0) is 24.1. The molecule has 2 amide bonds. The highest BCUT2D eigenvalue weighted by atomic mass is 19.2. The number of carbonyl (C=O) groups excluding carboxylic acids is 2. The molecule has 8 nitrogen and oxygen atoms in total. The fourth-order valence-corrected chi connectivity index (χ4v) is 3.36. The Bertz CT molecular complexity index is 1340. The van der Waals surface area contributed by atoms with E-state index in [-0.39, 0.29) is 18.7 Å². The number of benzene rings is 2. The van der Waals surface area contributed by atoms with Gasteiger partial charge in [-0.2, -0.15) is 0 Å². The highest BCUT2D eigenvalue weighted by Crippen LogP contribution is 2.19. The molecular formula is C24H20F2N6O2. The van der Waals surface area contributed by atoms with Crippen LogP contribution >= 0.6 is 0 Å². The summed E-state index contributed by atoms with van der Waals surface area (Å²) in [7, 11) is 0. The average Bonchev–Trinajstić information content (AvgIpc) is 3.38. The van der Waals surface area contributed by atoms with Crippen molar-refractivity contribution in [3.8, 4) is 5.69 Å². The second-order valence-electron chi connectivity index (χ2n) is 7.37. The zero-order valence-corrected chi connectivity index (χ0v) is 17.8. The van der Waals surface area contributed by atoms with Crippen LogP contribution in [0.1, 0.15) is 31.8 Å². The third kappa shape index (κ3) is 5.07. The molecule has 2 aromatic heterocycles. The van der Waals surface area contributed by atoms with E-state index in [4.69, 9.17) is 5.73 Å². The minimum atomic E-state index is -0.982. The molecule has 4 rings (SSSR count). The number of halogens is 2. The molecule has 0 aliphatic heterocycles. The molecule has 0 fully saturated rings. The van der Waals surface area contributed by atoms with Crippen molar-refractivity contribution >= 4 is 17.6 Å². The van der Waals surface area contributed by atoms with E-state index in [0.29, 0.717) is 22.6 Å². The number of nitrogens with one attached hydrogen (secondary N) is 2. The summed E-state index contributed by atoms with van der Waals surface area (Å²) in [5.41, 5.74) is 7.92. The summed E-state index contributed by atoms with van der Waals surface area (Å²) < 4.78 is 28.2. The lowest BCUT2D eigenvalue weighted by molar-refractivity contribution is 0.0950. The first kappa shape index (κ1) is 22.6. The number of hydrogen-bond donors (Lipinski definition) is 3. The third-order valence-corrected chi connectivity index (χ3v) is 5.06. The number of carbonyl (C=O) groups is 2. The van der Waals surface area contributed by atoms with Gasteiger partial charge in [-0.25, -0.2) is 18.7 Å². The summed E-state index contributed by atoms with van der Waals surface area (Å²) in [4.78, 5) is 32.9. The van der Waals surface area contributed by atoms with Crippen LogP contribution in [0.3, 0.4) is 0 Å². The lowest BCUT2D eigenvalue weighted by Gasteiger charge is -2.13. The Hall–Kier alpha value is -4.60. The van der Waals surface area contributed by atoms with Crippen molar-refractivity contribution in [3.05, 3.63) is 107 Å². The van der Waals surface area contributed by atoms with E-state index in [2.05, 4.69) is 20.6 Å². The number of pyridine rings is 1. The maximum Gasteiger partial charge on any atom is 0.255 e. The highest BCUT2D eigenvalue weighted by molar-refractivity contribution is 5.99. The van der Waals surface area contributed by atoms with Gasteiger partial charge in [-0.15, -0.1) is 0 Å². The average molecular weight is 462 g/mol. The van der Waals surface area contributed by atoms with Gasteiger partial charge in [0.05, 0.1) is 23.1 Å². The van der Waals surface area contributed by atoms with E-state index in [1.54, 1.807) is 47.6 Å². The van der Waals surface area contributed by atoms with Crippen molar-refractivity contribution in [1.29, 1.82) is 0 Å². The van der Waals surface area contributed by atoms with Gasteiger partial charge in [0.15, 0.2) is 11.6 Å². The van der Waals surface area contributed by atoms with Crippen LogP contribution in [0.2, 0.25) is 0 Å². The van der Waals surface area contributed by atoms with E-state index in [1.807, 2.05) is 6.07 Å². The van der Waals surface area contributed by atoms with Gasteiger partial charge in [0.1, 0.15) is 5.82 Å². The Balaban J connectivity index is 1.47. The topological polar surface area (TPSA) is 115 Å². The summed E-state index contributed by atoms with van der Waals surface area (Å²) in [5, 5.41) is 5.76. The molecule has 0 radical (unpaired) electrons. The van der Waals surface area contributed by atoms with Gasteiger partial charge in [0.25, 0.3) is 11.8 Å². The number of anilines is 1.